The average Bonchev–Trinajstić information content (AvgIpc) is 3.25. The Balaban J connectivity index is 1.14. The molecule has 0 aromatic rings. The van der Waals surface area contributed by atoms with E-state index in [4.69, 9.17) is 23.7 Å². The van der Waals surface area contributed by atoms with Crippen molar-refractivity contribution < 1.29 is 43.8 Å². The minimum absolute atomic E-state index is 0.0685. The summed E-state index contributed by atoms with van der Waals surface area (Å²) in [6.07, 6.45) is 6.94. The van der Waals surface area contributed by atoms with Crippen molar-refractivity contribution in [1.82, 2.24) is 0 Å². The Morgan fingerprint density at radius 2 is 1.79 bits per heavy atom. The lowest BCUT2D eigenvalue weighted by atomic mass is 9.46. The molecular weight excluding hydrogens is 552 g/mol. The maximum atomic E-state index is 12.8. The van der Waals surface area contributed by atoms with Crippen molar-refractivity contribution in [3.63, 3.8) is 0 Å². The van der Waals surface area contributed by atoms with Gasteiger partial charge in [-0.15, -0.1) is 0 Å². The highest BCUT2D eigenvalue weighted by atomic mass is 16.7. The normalized spacial score (nSPS) is 50.6. The summed E-state index contributed by atoms with van der Waals surface area (Å²) in [6.45, 7) is 10.3. The van der Waals surface area contributed by atoms with E-state index in [9.17, 15) is 20.1 Å². The third kappa shape index (κ3) is 5.15. The number of ether oxygens (including phenoxy) is 5. The smallest absolute Gasteiger partial charge is 0.252 e. The summed E-state index contributed by atoms with van der Waals surface area (Å²) >= 11 is 0. The molecule has 3 N–H and O–H groups in total. The predicted octanol–water partition coefficient (Wildman–Crippen LogP) is 4.17. The molecule has 0 unspecified atom stereocenters. The number of carbonyl (C=O) groups excluding carboxylic acids is 1. The third-order valence-electron chi connectivity index (χ3n) is 12.7. The first-order chi connectivity index (χ1) is 20.3. The number of ketones is 1. The van der Waals surface area contributed by atoms with Gasteiger partial charge >= 0.3 is 0 Å². The van der Waals surface area contributed by atoms with Crippen molar-refractivity contribution in [3.05, 3.63) is 23.5 Å². The Bertz CT molecular complexity index is 1120. The summed E-state index contributed by atoms with van der Waals surface area (Å²) in [4.78, 5) is 12.8. The van der Waals surface area contributed by atoms with E-state index in [1.807, 2.05) is 13.8 Å². The summed E-state index contributed by atoms with van der Waals surface area (Å²) in [5.74, 6) is 1.48. The quantitative estimate of drug-likeness (QED) is 0.383. The van der Waals surface area contributed by atoms with E-state index in [0.29, 0.717) is 29.9 Å². The van der Waals surface area contributed by atoms with Crippen LogP contribution in [0.3, 0.4) is 0 Å². The zero-order valence-electron chi connectivity index (χ0n) is 26.7. The molecule has 242 valence electrons. The van der Waals surface area contributed by atoms with Crippen LogP contribution in [-0.4, -0.2) is 83.0 Å². The third-order valence-corrected chi connectivity index (χ3v) is 12.7. The van der Waals surface area contributed by atoms with Gasteiger partial charge in [-0.05, 0) is 101 Å². The number of rotatable bonds is 6. The van der Waals surface area contributed by atoms with E-state index >= 15 is 0 Å². The first-order valence-electron chi connectivity index (χ1n) is 16.5. The number of methoxy groups -OCH3 is 1. The lowest BCUT2D eigenvalue weighted by molar-refractivity contribution is -0.288. The molecule has 0 radical (unpaired) electrons. The monoisotopic (exact) mass is 604 g/mol. The lowest BCUT2D eigenvalue weighted by Crippen LogP contribution is -2.59. The molecule has 9 heteroatoms. The Morgan fingerprint density at radius 1 is 1.05 bits per heavy atom. The van der Waals surface area contributed by atoms with Gasteiger partial charge in [-0.2, -0.15) is 0 Å². The molecule has 9 nitrogen and oxygen atoms in total. The molecule has 6 rings (SSSR count). The van der Waals surface area contributed by atoms with Crippen LogP contribution in [0.2, 0.25) is 0 Å². The maximum absolute atomic E-state index is 12.8. The highest BCUT2D eigenvalue weighted by molar-refractivity contribution is 5.96. The molecule has 3 saturated carbocycles. The molecule has 4 aliphatic carbocycles. The van der Waals surface area contributed by atoms with Gasteiger partial charge in [-0.1, -0.05) is 25.5 Å². The van der Waals surface area contributed by atoms with Gasteiger partial charge in [0.1, 0.15) is 6.10 Å². The summed E-state index contributed by atoms with van der Waals surface area (Å²) in [7, 11) is 1.51. The van der Waals surface area contributed by atoms with Crippen LogP contribution in [0.15, 0.2) is 23.5 Å². The zero-order chi connectivity index (χ0) is 30.9. The topological polar surface area (TPSA) is 124 Å². The first-order valence-corrected chi connectivity index (χ1v) is 16.5. The molecule has 14 atom stereocenters. The summed E-state index contributed by atoms with van der Waals surface area (Å²) in [5.41, 5.74) is 0.252. The zero-order valence-corrected chi connectivity index (χ0v) is 26.7. The van der Waals surface area contributed by atoms with E-state index < -0.39 is 42.6 Å². The second kappa shape index (κ2) is 11.5. The fraction of sp³-hybridized carbons (Fsp3) is 0.853. The number of carbonyl (C=O) groups is 1. The second-order valence-electron chi connectivity index (χ2n) is 14.8. The number of aliphatic hydroxyl groups is 3. The number of allylic oxidation sites excluding steroid dienone is 1. The van der Waals surface area contributed by atoms with Crippen LogP contribution >= 0.6 is 0 Å². The Kier molecular flexibility index (Phi) is 8.45. The van der Waals surface area contributed by atoms with Crippen LogP contribution in [0.5, 0.6) is 0 Å². The SMILES string of the molecule is COC1=C[C@@H](C)O[C@@H](O[C@H]2CC[C@@]3(C)C(=CC[C@@H]4[C@@H]3CC[C@@]3(C)[C@H]4CC[C@]3(O)[C@H](C)O[C@@H]3C[C@@H](O)[C@H](O)[C@@H](C)O3)C2)C1=O. The Labute approximate surface area is 255 Å². The van der Waals surface area contributed by atoms with Crippen molar-refractivity contribution in [2.45, 2.75) is 147 Å². The summed E-state index contributed by atoms with van der Waals surface area (Å²) in [5, 5.41) is 32.7. The van der Waals surface area contributed by atoms with Crippen molar-refractivity contribution in [2.24, 2.45) is 28.6 Å². The van der Waals surface area contributed by atoms with Gasteiger partial charge in [-0.25, -0.2) is 0 Å². The van der Waals surface area contributed by atoms with E-state index in [0.717, 1.165) is 44.9 Å². The lowest BCUT2D eigenvalue weighted by Gasteiger charge is -2.59. The molecule has 2 aliphatic heterocycles. The molecule has 0 spiro atoms. The van der Waals surface area contributed by atoms with Crippen molar-refractivity contribution in [2.75, 3.05) is 7.11 Å². The number of Topliss-reactive ketones (excluding diaryl/α,β-unsaturated/α-hetero) is 1. The number of hydrogen-bond acceptors (Lipinski definition) is 9. The predicted molar refractivity (Wildman–Crippen MR) is 157 cm³/mol. The summed E-state index contributed by atoms with van der Waals surface area (Å²) < 4.78 is 29.5. The molecule has 43 heavy (non-hydrogen) atoms. The van der Waals surface area contributed by atoms with E-state index in [1.165, 1.54) is 12.7 Å². The fourth-order valence-electron chi connectivity index (χ4n) is 10.1. The van der Waals surface area contributed by atoms with E-state index in [-0.39, 0.29) is 35.2 Å². The molecule has 0 aromatic heterocycles. The van der Waals surface area contributed by atoms with Gasteiger partial charge in [0.05, 0.1) is 43.2 Å². The second-order valence-corrected chi connectivity index (χ2v) is 14.8. The van der Waals surface area contributed by atoms with Crippen LogP contribution in [0.4, 0.5) is 0 Å². The van der Waals surface area contributed by atoms with Crippen LogP contribution in [0.25, 0.3) is 0 Å². The van der Waals surface area contributed by atoms with Crippen LogP contribution in [-0.2, 0) is 28.5 Å². The van der Waals surface area contributed by atoms with Gasteiger partial charge in [-0.3, -0.25) is 4.79 Å². The van der Waals surface area contributed by atoms with Gasteiger partial charge < -0.3 is 39.0 Å². The minimum Gasteiger partial charge on any atom is -0.493 e. The Hall–Kier alpha value is -1.33. The van der Waals surface area contributed by atoms with Crippen LogP contribution in [0, 0.1) is 28.6 Å². The van der Waals surface area contributed by atoms with Gasteiger partial charge in [0.15, 0.2) is 12.0 Å². The highest BCUT2D eigenvalue weighted by Crippen LogP contribution is 2.68. The molecule has 6 aliphatic rings. The minimum atomic E-state index is -0.994. The molecule has 1 saturated heterocycles. The molecule has 0 aromatic carbocycles. The maximum Gasteiger partial charge on any atom is 0.252 e. The van der Waals surface area contributed by atoms with E-state index in [1.54, 1.807) is 13.0 Å². The summed E-state index contributed by atoms with van der Waals surface area (Å²) in [6, 6.07) is 0. The average molecular weight is 605 g/mol. The molecular formula is C34H52O9. The number of hydrogen-bond donors (Lipinski definition) is 3. The Morgan fingerprint density at radius 3 is 2.51 bits per heavy atom. The van der Waals surface area contributed by atoms with Gasteiger partial charge in [0.2, 0.25) is 6.29 Å². The van der Waals surface area contributed by atoms with Crippen LogP contribution in [0.1, 0.15) is 92.4 Å². The number of fused-ring (bicyclic) bond motifs is 5. The van der Waals surface area contributed by atoms with Gasteiger partial charge in [0, 0.05) is 11.8 Å². The highest BCUT2D eigenvalue weighted by Gasteiger charge is 2.65. The van der Waals surface area contributed by atoms with Crippen molar-refractivity contribution >= 4 is 5.78 Å². The van der Waals surface area contributed by atoms with Gasteiger partial charge in [0.25, 0.3) is 5.78 Å². The van der Waals surface area contributed by atoms with E-state index in [2.05, 4.69) is 19.9 Å². The first kappa shape index (κ1) is 31.6. The fourth-order valence-corrected chi connectivity index (χ4v) is 10.1. The molecule has 0 bridgehead atoms. The van der Waals surface area contributed by atoms with Crippen LogP contribution < -0.4 is 0 Å². The molecule has 2 heterocycles. The molecule has 4 fully saturated rings. The van der Waals surface area contributed by atoms with Crippen molar-refractivity contribution in [1.29, 1.82) is 0 Å². The number of aliphatic hydroxyl groups excluding tert-OH is 2. The largest absolute Gasteiger partial charge is 0.493 e. The standard InChI is InChI=1S/C34H52O9/c1-18-15-27(39-6)30(37)31(40-18)43-22-9-12-32(4)21(16-22)7-8-23-24(32)10-13-33(5)25(23)11-14-34(33,38)20(3)42-28-17-26(35)29(36)19(2)41-28/h7,15,18-20,22-26,28-29,31,35-36,38H,8-14,16-17H2,1-6H3/t18-,19-,20+,22+,23-,24+,25+,26-,28-,29-,31+,32+,33+,34+/m1/s1. The van der Waals surface area contributed by atoms with Crippen molar-refractivity contribution in [3.8, 4) is 0 Å². The molecule has 0 amide bonds.